The zero-order valence-electron chi connectivity index (χ0n) is 10.3. The third kappa shape index (κ3) is 2.98. The first kappa shape index (κ1) is 13.1. The van der Waals surface area contributed by atoms with Crippen molar-refractivity contribution in [3.05, 3.63) is 64.8 Å². The van der Waals surface area contributed by atoms with Gasteiger partial charge in [0.2, 0.25) is 0 Å². The number of benzene rings is 2. The van der Waals surface area contributed by atoms with Gasteiger partial charge in [-0.15, -0.1) is 11.3 Å². The molecule has 5 heteroatoms. The average Bonchev–Trinajstić information content (AvgIpc) is 2.90. The van der Waals surface area contributed by atoms with E-state index in [0.29, 0.717) is 5.02 Å². The Kier molecular flexibility index (Phi) is 3.67. The van der Waals surface area contributed by atoms with Crippen LogP contribution in [0.2, 0.25) is 5.02 Å². The molecule has 0 saturated carbocycles. The summed E-state index contributed by atoms with van der Waals surface area (Å²) in [6.45, 7) is 0. The van der Waals surface area contributed by atoms with Crippen molar-refractivity contribution < 1.29 is 4.39 Å². The topological polar surface area (TPSA) is 24.9 Å². The van der Waals surface area contributed by atoms with E-state index < -0.39 is 0 Å². The molecule has 0 saturated heterocycles. The van der Waals surface area contributed by atoms with E-state index in [9.17, 15) is 4.39 Å². The van der Waals surface area contributed by atoms with Crippen LogP contribution in [-0.4, -0.2) is 4.98 Å². The molecular weight excluding hydrogens is 295 g/mol. The normalized spacial score (nSPS) is 10.5. The van der Waals surface area contributed by atoms with Gasteiger partial charge in [0.1, 0.15) is 5.82 Å². The number of nitrogens with zero attached hydrogens (tertiary/aromatic N) is 1. The minimum absolute atomic E-state index is 0.255. The van der Waals surface area contributed by atoms with E-state index >= 15 is 0 Å². The van der Waals surface area contributed by atoms with Crippen LogP contribution in [0.5, 0.6) is 0 Å². The van der Waals surface area contributed by atoms with Gasteiger partial charge in [0, 0.05) is 21.7 Å². The Labute approximate surface area is 124 Å². The van der Waals surface area contributed by atoms with Crippen LogP contribution in [0.1, 0.15) is 0 Å². The Morgan fingerprint density at radius 3 is 2.65 bits per heavy atom. The van der Waals surface area contributed by atoms with Crippen LogP contribution in [0, 0.1) is 5.82 Å². The Morgan fingerprint density at radius 2 is 1.90 bits per heavy atom. The second-order valence-corrected chi connectivity index (χ2v) is 5.47. The third-order valence-corrected chi connectivity index (χ3v) is 3.71. The van der Waals surface area contributed by atoms with Gasteiger partial charge in [-0.1, -0.05) is 23.7 Å². The summed E-state index contributed by atoms with van der Waals surface area (Å²) in [5, 5.41) is 6.54. The average molecular weight is 305 g/mol. The van der Waals surface area contributed by atoms with Crippen molar-refractivity contribution in [3.63, 3.8) is 0 Å². The maximum Gasteiger partial charge on any atom is 0.187 e. The lowest BCUT2D eigenvalue weighted by Crippen LogP contribution is -1.89. The number of thiazole rings is 1. The highest BCUT2D eigenvalue weighted by Gasteiger charge is 2.05. The lowest BCUT2D eigenvalue weighted by atomic mass is 10.2. The SMILES string of the molecule is Fc1ccc(Nc2nc(-c3cccc(Cl)c3)cs2)cc1. The van der Waals surface area contributed by atoms with Crippen LogP contribution >= 0.6 is 22.9 Å². The van der Waals surface area contributed by atoms with E-state index in [1.807, 2.05) is 29.6 Å². The zero-order valence-corrected chi connectivity index (χ0v) is 11.9. The molecule has 3 aromatic rings. The number of hydrogen-bond acceptors (Lipinski definition) is 3. The van der Waals surface area contributed by atoms with E-state index in [1.54, 1.807) is 12.1 Å². The highest BCUT2D eigenvalue weighted by Crippen LogP contribution is 2.28. The van der Waals surface area contributed by atoms with Gasteiger partial charge in [0.05, 0.1) is 5.69 Å². The molecule has 0 spiro atoms. The molecule has 0 atom stereocenters. The van der Waals surface area contributed by atoms with Crippen LogP contribution in [0.3, 0.4) is 0 Å². The minimum atomic E-state index is -0.255. The van der Waals surface area contributed by atoms with Crippen LogP contribution in [0.15, 0.2) is 53.9 Å². The minimum Gasteiger partial charge on any atom is -0.332 e. The molecule has 1 heterocycles. The molecule has 0 amide bonds. The monoisotopic (exact) mass is 304 g/mol. The molecule has 0 bridgehead atoms. The van der Waals surface area contributed by atoms with E-state index in [1.165, 1.54) is 23.5 Å². The molecule has 100 valence electrons. The van der Waals surface area contributed by atoms with Crippen molar-refractivity contribution in [3.8, 4) is 11.3 Å². The number of nitrogens with one attached hydrogen (secondary N) is 1. The maximum absolute atomic E-state index is 12.8. The lowest BCUT2D eigenvalue weighted by molar-refractivity contribution is 0.628. The van der Waals surface area contributed by atoms with Gasteiger partial charge >= 0.3 is 0 Å². The number of halogens is 2. The molecule has 0 aliphatic heterocycles. The molecule has 2 nitrogen and oxygen atoms in total. The summed E-state index contributed by atoms with van der Waals surface area (Å²) in [4.78, 5) is 4.49. The van der Waals surface area contributed by atoms with Crippen LogP contribution in [0.25, 0.3) is 11.3 Å². The van der Waals surface area contributed by atoms with Gasteiger partial charge < -0.3 is 5.32 Å². The van der Waals surface area contributed by atoms with Crippen molar-refractivity contribution in [1.29, 1.82) is 0 Å². The standard InChI is InChI=1S/C15H10ClFN2S/c16-11-3-1-2-10(8-11)14-9-20-15(19-14)18-13-6-4-12(17)5-7-13/h1-9H,(H,18,19). The maximum atomic E-state index is 12.8. The first-order valence-electron chi connectivity index (χ1n) is 5.95. The molecule has 1 aromatic heterocycles. The predicted octanol–water partition coefficient (Wildman–Crippen LogP) is 5.35. The third-order valence-electron chi connectivity index (χ3n) is 2.72. The van der Waals surface area contributed by atoms with Gasteiger partial charge in [-0.2, -0.15) is 0 Å². The van der Waals surface area contributed by atoms with Crippen molar-refractivity contribution in [2.75, 3.05) is 5.32 Å². The van der Waals surface area contributed by atoms with E-state index in [2.05, 4.69) is 10.3 Å². The Hall–Kier alpha value is -1.91. The lowest BCUT2D eigenvalue weighted by Gasteiger charge is -2.01. The molecular formula is C15H10ClFN2S. The van der Waals surface area contributed by atoms with Crippen molar-refractivity contribution >= 4 is 33.8 Å². The summed E-state index contributed by atoms with van der Waals surface area (Å²) in [5.74, 6) is -0.255. The molecule has 0 radical (unpaired) electrons. The fraction of sp³-hybridized carbons (Fsp3) is 0. The van der Waals surface area contributed by atoms with Gasteiger partial charge in [0.15, 0.2) is 5.13 Å². The molecule has 1 N–H and O–H groups in total. The summed E-state index contributed by atoms with van der Waals surface area (Å²) < 4.78 is 12.8. The largest absolute Gasteiger partial charge is 0.332 e. The number of aromatic nitrogens is 1. The van der Waals surface area contributed by atoms with Gasteiger partial charge in [-0.3, -0.25) is 0 Å². The zero-order chi connectivity index (χ0) is 13.9. The van der Waals surface area contributed by atoms with E-state index in [0.717, 1.165) is 22.1 Å². The van der Waals surface area contributed by atoms with E-state index in [4.69, 9.17) is 11.6 Å². The Bertz CT molecular complexity index is 725. The molecule has 0 aliphatic carbocycles. The fourth-order valence-electron chi connectivity index (χ4n) is 1.77. The van der Waals surface area contributed by atoms with Crippen LogP contribution in [-0.2, 0) is 0 Å². The van der Waals surface area contributed by atoms with Crippen molar-refractivity contribution in [1.82, 2.24) is 4.98 Å². The predicted molar refractivity (Wildman–Crippen MR) is 82.2 cm³/mol. The molecule has 20 heavy (non-hydrogen) atoms. The quantitative estimate of drug-likeness (QED) is 0.706. The Balaban J connectivity index is 1.82. The summed E-state index contributed by atoms with van der Waals surface area (Å²) in [5.41, 5.74) is 2.64. The van der Waals surface area contributed by atoms with Gasteiger partial charge in [-0.25, -0.2) is 9.37 Å². The van der Waals surface area contributed by atoms with Crippen LogP contribution < -0.4 is 5.32 Å². The fourth-order valence-corrected chi connectivity index (χ4v) is 2.70. The molecule has 0 unspecified atom stereocenters. The summed E-state index contributed by atoms with van der Waals surface area (Å²) in [6.07, 6.45) is 0. The number of rotatable bonds is 3. The molecule has 0 aliphatic rings. The van der Waals surface area contributed by atoms with Crippen molar-refractivity contribution in [2.45, 2.75) is 0 Å². The summed E-state index contributed by atoms with van der Waals surface area (Å²) >= 11 is 7.46. The van der Waals surface area contributed by atoms with Crippen molar-refractivity contribution in [2.24, 2.45) is 0 Å². The number of hydrogen-bond donors (Lipinski definition) is 1. The molecule has 2 aromatic carbocycles. The highest BCUT2D eigenvalue weighted by atomic mass is 35.5. The smallest absolute Gasteiger partial charge is 0.187 e. The van der Waals surface area contributed by atoms with Crippen LogP contribution in [0.4, 0.5) is 15.2 Å². The summed E-state index contributed by atoms with van der Waals surface area (Å²) in [6, 6.07) is 13.7. The molecule has 3 rings (SSSR count). The number of anilines is 2. The highest BCUT2D eigenvalue weighted by molar-refractivity contribution is 7.14. The van der Waals surface area contributed by atoms with Gasteiger partial charge in [-0.05, 0) is 36.4 Å². The first-order chi connectivity index (χ1) is 9.70. The second kappa shape index (κ2) is 5.61. The van der Waals surface area contributed by atoms with Gasteiger partial charge in [0.25, 0.3) is 0 Å². The molecule has 0 fully saturated rings. The van der Waals surface area contributed by atoms with E-state index in [-0.39, 0.29) is 5.82 Å². The first-order valence-corrected chi connectivity index (χ1v) is 7.20. The Morgan fingerprint density at radius 1 is 1.10 bits per heavy atom. The summed E-state index contributed by atoms with van der Waals surface area (Å²) in [7, 11) is 0. The second-order valence-electron chi connectivity index (χ2n) is 4.18.